The van der Waals surface area contributed by atoms with Gasteiger partial charge in [0.2, 0.25) is 5.91 Å². The Morgan fingerprint density at radius 2 is 1.94 bits per heavy atom. The van der Waals surface area contributed by atoms with Crippen molar-refractivity contribution in [2.75, 3.05) is 26.8 Å². The van der Waals surface area contributed by atoms with Crippen molar-refractivity contribution in [3.8, 4) is 0 Å². The summed E-state index contributed by atoms with van der Waals surface area (Å²) in [5.41, 5.74) is 0. The van der Waals surface area contributed by atoms with E-state index in [1.807, 2.05) is 0 Å². The van der Waals surface area contributed by atoms with Gasteiger partial charge >= 0.3 is 0 Å². The van der Waals surface area contributed by atoms with Crippen molar-refractivity contribution in [3.05, 3.63) is 0 Å². The molecule has 102 valence electrons. The Hall–Kier alpha value is -0.610. The van der Waals surface area contributed by atoms with Crippen LogP contribution in [0.4, 0.5) is 0 Å². The normalized spacial score (nSPS) is 12.8. The first kappa shape index (κ1) is 16.4. The van der Waals surface area contributed by atoms with Crippen LogP contribution in [-0.2, 0) is 9.53 Å². The highest BCUT2D eigenvalue weighted by Gasteiger charge is 2.05. The Labute approximate surface area is 105 Å². The van der Waals surface area contributed by atoms with Gasteiger partial charge in [-0.05, 0) is 32.1 Å². The van der Waals surface area contributed by atoms with Gasteiger partial charge in [0.15, 0.2) is 0 Å². The predicted octanol–water partition coefficient (Wildman–Crippen LogP) is 1.55. The molecule has 4 nitrogen and oxygen atoms in total. The number of methoxy groups -OCH3 is 1. The molecule has 0 aliphatic heterocycles. The number of carbonyl (C=O) groups excluding carboxylic acids is 1. The van der Waals surface area contributed by atoms with E-state index in [2.05, 4.69) is 31.4 Å². The lowest BCUT2D eigenvalue weighted by atomic mass is 10.0. The molecule has 0 aromatic rings. The van der Waals surface area contributed by atoms with E-state index in [0.29, 0.717) is 25.7 Å². The molecule has 0 saturated heterocycles. The molecule has 0 bridgehead atoms. The quantitative estimate of drug-likeness (QED) is 0.573. The minimum absolute atomic E-state index is 0.0671. The summed E-state index contributed by atoms with van der Waals surface area (Å²) in [6, 6.07) is 0.405. The van der Waals surface area contributed by atoms with Crippen molar-refractivity contribution in [2.45, 2.75) is 46.1 Å². The fraction of sp³-hybridized carbons (Fsp3) is 0.923. The molecule has 0 saturated carbocycles. The maximum Gasteiger partial charge on any atom is 0.233 e. The highest BCUT2D eigenvalue weighted by molar-refractivity contribution is 5.77. The molecule has 0 aromatic heterocycles. The minimum atomic E-state index is 0.0671. The number of hydrogen-bond acceptors (Lipinski definition) is 3. The summed E-state index contributed by atoms with van der Waals surface area (Å²) in [5.74, 6) is 0.791. The molecule has 0 aliphatic rings. The number of nitrogens with one attached hydrogen (secondary N) is 2. The van der Waals surface area contributed by atoms with Crippen molar-refractivity contribution in [2.24, 2.45) is 5.92 Å². The molecule has 2 N–H and O–H groups in total. The van der Waals surface area contributed by atoms with E-state index >= 15 is 0 Å². The third-order valence-corrected chi connectivity index (χ3v) is 2.64. The van der Waals surface area contributed by atoms with Gasteiger partial charge in [0, 0.05) is 26.3 Å². The van der Waals surface area contributed by atoms with Crippen LogP contribution in [0.25, 0.3) is 0 Å². The Morgan fingerprint density at radius 3 is 2.53 bits per heavy atom. The van der Waals surface area contributed by atoms with Crippen LogP contribution in [0.1, 0.15) is 40.0 Å². The van der Waals surface area contributed by atoms with E-state index in [0.717, 1.165) is 18.8 Å². The lowest BCUT2D eigenvalue weighted by Crippen LogP contribution is -2.38. The standard InChI is InChI=1S/C13H28N2O2/c1-11(2)6-7-12(3)15-10-13(16)14-8-5-9-17-4/h11-12,15H,5-10H2,1-4H3,(H,14,16)/t12-/m1/s1. The molecule has 0 rings (SSSR count). The van der Waals surface area contributed by atoms with Crippen molar-refractivity contribution < 1.29 is 9.53 Å². The molecule has 0 spiro atoms. The van der Waals surface area contributed by atoms with Crippen LogP contribution < -0.4 is 10.6 Å². The molecule has 1 atom stereocenters. The molecule has 4 heteroatoms. The maximum atomic E-state index is 11.4. The average molecular weight is 244 g/mol. The molecule has 17 heavy (non-hydrogen) atoms. The summed E-state index contributed by atoms with van der Waals surface area (Å²) in [5, 5.41) is 6.09. The van der Waals surface area contributed by atoms with Crippen molar-refractivity contribution in [3.63, 3.8) is 0 Å². The summed E-state index contributed by atoms with van der Waals surface area (Å²) < 4.78 is 4.91. The van der Waals surface area contributed by atoms with Gasteiger partial charge in [0.05, 0.1) is 6.54 Å². The van der Waals surface area contributed by atoms with Crippen molar-refractivity contribution in [1.29, 1.82) is 0 Å². The summed E-state index contributed by atoms with van der Waals surface area (Å²) in [7, 11) is 1.67. The molecular formula is C13H28N2O2. The third-order valence-electron chi connectivity index (χ3n) is 2.64. The van der Waals surface area contributed by atoms with E-state index < -0.39 is 0 Å². The fourth-order valence-electron chi connectivity index (χ4n) is 1.46. The van der Waals surface area contributed by atoms with Gasteiger partial charge in [-0.2, -0.15) is 0 Å². The lowest BCUT2D eigenvalue weighted by Gasteiger charge is -2.14. The van der Waals surface area contributed by atoms with Crippen LogP contribution in [0.15, 0.2) is 0 Å². The predicted molar refractivity (Wildman–Crippen MR) is 71.0 cm³/mol. The summed E-state index contributed by atoms with van der Waals surface area (Å²) in [6.07, 6.45) is 3.18. The van der Waals surface area contributed by atoms with Crippen LogP contribution in [0.3, 0.4) is 0 Å². The lowest BCUT2D eigenvalue weighted by molar-refractivity contribution is -0.120. The van der Waals surface area contributed by atoms with Crippen LogP contribution in [0.5, 0.6) is 0 Å². The zero-order valence-corrected chi connectivity index (χ0v) is 11.7. The summed E-state index contributed by atoms with van der Waals surface area (Å²) in [4.78, 5) is 11.4. The van der Waals surface area contributed by atoms with Gasteiger partial charge in [-0.3, -0.25) is 4.79 Å². The molecule has 0 radical (unpaired) electrons. The number of carbonyl (C=O) groups is 1. The first-order chi connectivity index (χ1) is 8.06. The molecule has 0 fully saturated rings. The first-order valence-corrected chi connectivity index (χ1v) is 6.55. The molecule has 0 aliphatic carbocycles. The molecule has 0 unspecified atom stereocenters. The number of hydrogen-bond donors (Lipinski definition) is 2. The monoisotopic (exact) mass is 244 g/mol. The Balaban J connectivity index is 3.42. The van der Waals surface area contributed by atoms with Gasteiger partial charge in [-0.1, -0.05) is 13.8 Å². The number of ether oxygens (including phenoxy) is 1. The van der Waals surface area contributed by atoms with Gasteiger partial charge in [0.25, 0.3) is 0 Å². The average Bonchev–Trinajstić information content (AvgIpc) is 2.29. The van der Waals surface area contributed by atoms with Gasteiger partial charge in [0.1, 0.15) is 0 Å². The van der Waals surface area contributed by atoms with Crippen molar-refractivity contribution in [1.82, 2.24) is 10.6 Å². The van der Waals surface area contributed by atoms with Crippen LogP contribution >= 0.6 is 0 Å². The third kappa shape index (κ3) is 11.6. The number of rotatable bonds is 10. The minimum Gasteiger partial charge on any atom is -0.385 e. The van der Waals surface area contributed by atoms with E-state index in [9.17, 15) is 4.79 Å². The summed E-state index contributed by atoms with van der Waals surface area (Å²) >= 11 is 0. The first-order valence-electron chi connectivity index (χ1n) is 6.55. The Bertz CT molecular complexity index is 196. The molecular weight excluding hydrogens is 216 g/mol. The molecule has 0 aromatic carbocycles. The fourth-order valence-corrected chi connectivity index (χ4v) is 1.46. The molecule has 1 amide bonds. The Morgan fingerprint density at radius 1 is 1.24 bits per heavy atom. The zero-order chi connectivity index (χ0) is 13.1. The zero-order valence-electron chi connectivity index (χ0n) is 11.7. The second-order valence-corrected chi connectivity index (χ2v) is 4.95. The topological polar surface area (TPSA) is 50.4 Å². The van der Waals surface area contributed by atoms with Gasteiger partial charge in [-0.15, -0.1) is 0 Å². The van der Waals surface area contributed by atoms with Crippen LogP contribution in [0, 0.1) is 5.92 Å². The smallest absolute Gasteiger partial charge is 0.233 e. The van der Waals surface area contributed by atoms with Crippen molar-refractivity contribution >= 4 is 5.91 Å². The largest absolute Gasteiger partial charge is 0.385 e. The second kappa shape index (κ2) is 10.5. The summed E-state index contributed by atoms with van der Waals surface area (Å²) in [6.45, 7) is 8.35. The number of amides is 1. The molecule has 0 heterocycles. The highest BCUT2D eigenvalue weighted by Crippen LogP contribution is 2.05. The second-order valence-electron chi connectivity index (χ2n) is 4.95. The highest BCUT2D eigenvalue weighted by atomic mass is 16.5. The maximum absolute atomic E-state index is 11.4. The van der Waals surface area contributed by atoms with Crippen LogP contribution in [0.2, 0.25) is 0 Å². The van der Waals surface area contributed by atoms with E-state index in [-0.39, 0.29) is 5.91 Å². The van der Waals surface area contributed by atoms with Gasteiger partial charge < -0.3 is 15.4 Å². The SMILES string of the molecule is COCCCNC(=O)CN[C@H](C)CCC(C)C. The Kier molecular flexibility index (Phi) is 10.2. The van der Waals surface area contributed by atoms with E-state index in [4.69, 9.17) is 4.74 Å². The van der Waals surface area contributed by atoms with E-state index in [1.54, 1.807) is 7.11 Å². The van der Waals surface area contributed by atoms with Crippen LogP contribution in [-0.4, -0.2) is 38.8 Å². The van der Waals surface area contributed by atoms with E-state index in [1.165, 1.54) is 6.42 Å². The van der Waals surface area contributed by atoms with Gasteiger partial charge in [-0.25, -0.2) is 0 Å².